The monoisotopic (exact) mass is 325 g/mol. The number of H-pyrrole nitrogens is 1. The highest BCUT2D eigenvalue weighted by atomic mass is 32.2. The number of nitriles is 1. The molecular formula is C15H13N6OS+. The van der Waals surface area contributed by atoms with Crippen molar-refractivity contribution in [3.05, 3.63) is 57.8 Å². The molecule has 3 rings (SSSR count). The Morgan fingerprint density at radius 3 is 3.00 bits per heavy atom. The zero-order chi connectivity index (χ0) is 16.4. The molecular weight excluding hydrogens is 312 g/mol. The van der Waals surface area contributed by atoms with Gasteiger partial charge < -0.3 is 5.73 Å². The van der Waals surface area contributed by atoms with E-state index >= 15 is 0 Å². The van der Waals surface area contributed by atoms with Crippen molar-refractivity contribution in [1.82, 2.24) is 14.4 Å². The standard InChI is InChI=1S/C15H12N6OS/c1-9-3-2-4-12-19-11(5-13(22)21(9)12)8-23-15-18-7-10(6-16)14(17)20-15/h2-5,7H,8H2,1H3,(H2,17,18,20)/p+1. The van der Waals surface area contributed by atoms with Gasteiger partial charge in [-0.3, -0.25) is 9.20 Å². The molecule has 3 aromatic rings. The number of aromatic amines is 1. The van der Waals surface area contributed by atoms with Crippen LogP contribution in [0.2, 0.25) is 0 Å². The molecule has 0 aliphatic rings. The number of nitrogens with zero attached hydrogens (tertiary/aromatic N) is 4. The summed E-state index contributed by atoms with van der Waals surface area (Å²) in [5.41, 5.74) is 7.98. The molecule has 0 spiro atoms. The lowest BCUT2D eigenvalue weighted by atomic mass is 10.3. The van der Waals surface area contributed by atoms with E-state index in [4.69, 9.17) is 11.0 Å². The molecule has 0 aromatic carbocycles. The number of aromatic nitrogens is 4. The molecule has 0 bridgehead atoms. The summed E-state index contributed by atoms with van der Waals surface area (Å²) in [7, 11) is 0. The van der Waals surface area contributed by atoms with Crippen molar-refractivity contribution in [2.45, 2.75) is 17.8 Å². The van der Waals surface area contributed by atoms with Crippen molar-refractivity contribution in [2.24, 2.45) is 0 Å². The van der Waals surface area contributed by atoms with Crippen molar-refractivity contribution in [1.29, 1.82) is 5.26 Å². The van der Waals surface area contributed by atoms with Crippen molar-refractivity contribution >= 4 is 23.2 Å². The summed E-state index contributed by atoms with van der Waals surface area (Å²) in [6, 6.07) is 8.99. The minimum Gasteiger partial charge on any atom is -0.362 e. The van der Waals surface area contributed by atoms with Crippen LogP contribution in [0.25, 0.3) is 5.65 Å². The molecule has 0 atom stereocenters. The quantitative estimate of drug-likeness (QED) is 0.567. The molecule has 0 aliphatic carbocycles. The molecule has 0 saturated carbocycles. The Morgan fingerprint density at radius 1 is 1.43 bits per heavy atom. The largest absolute Gasteiger partial charge is 0.362 e. The Balaban J connectivity index is 1.87. The summed E-state index contributed by atoms with van der Waals surface area (Å²) in [4.78, 5) is 23.7. The fourth-order valence-corrected chi connectivity index (χ4v) is 2.89. The van der Waals surface area contributed by atoms with Crippen LogP contribution in [0.1, 0.15) is 17.0 Å². The van der Waals surface area contributed by atoms with Crippen molar-refractivity contribution in [3.8, 4) is 6.07 Å². The van der Waals surface area contributed by atoms with Gasteiger partial charge in [0, 0.05) is 17.5 Å². The van der Waals surface area contributed by atoms with Crippen LogP contribution in [-0.2, 0) is 5.75 Å². The van der Waals surface area contributed by atoms with E-state index in [-0.39, 0.29) is 11.4 Å². The Bertz CT molecular complexity index is 991. The van der Waals surface area contributed by atoms with Crippen molar-refractivity contribution in [2.75, 3.05) is 5.73 Å². The average molecular weight is 325 g/mol. The number of nitrogens with one attached hydrogen (secondary N) is 1. The van der Waals surface area contributed by atoms with Gasteiger partial charge in [0.15, 0.2) is 5.56 Å². The van der Waals surface area contributed by atoms with E-state index in [1.165, 1.54) is 24.0 Å². The Labute approximate surface area is 135 Å². The minimum atomic E-state index is -0.111. The van der Waals surface area contributed by atoms with Gasteiger partial charge in [-0.05, 0) is 35.8 Å². The lowest BCUT2D eigenvalue weighted by molar-refractivity contribution is -0.433. The number of nitrogens with two attached hydrogens (primary N) is 1. The SMILES string of the molecule is Cc1cccc2nc(CSc3nc(N)c(C#N)c[nH+]3)cc(=O)n12. The first-order valence-corrected chi connectivity index (χ1v) is 7.76. The number of hydrogen-bond acceptors (Lipinski definition) is 6. The van der Waals surface area contributed by atoms with Crippen LogP contribution >= 0.6 is 11.8 Å². The summed E-state index contributed by atoms with van der Waals surface area (Å²) >= 11 is 1.36. The van der Waals surface area contributed by atoms with E-state index < -0.39 is 0 Å². The molecule has 0 amide bonds. The maximum absolute atomic E-state index is 12.2. The number of thioether (sulfide) groups is 1. The molecule has 0 aliphatic heterocycles. The molecule has 3 N–H and O–H groups in total. The van der Waals surface area contributed by atoms with Gasteiger partial charge in [0.2, 0.25) is 0 Å². The number of pyridine rings is 1. The Kier molecular flexibility index (Phi) is 3.95. The molecule has 7 nitrogen and oxygen atoms in total. The van der Waals surface area contributed by atoms with E-state index in [9.17, 15) is 4.79 Å². The van der Waals surface area contributed by atoms with Gasteiger partial charge >= 0.3 is 5.16 Å². The maximum atomic E-state index is 12.2. The second-order valence-electron chi connectivity index (χ2n) is 4.85. The van der Waals surface area contributed by atoms with Gasteiger partial charge in [0.1, 0.15) is 17.9 Å². The van der Waals surface area contributed by atoms with Gasteiger partial charge in [-0.2, -0.15) is 5.26 Å². The topological polar surface area (TPSA) is 111 Å². The van der Waals surface area contributed by atoms with Gasteiger partial charge in [-0.1, -0.05) is 6.07 Å². The van der Waals surface area contributed by atoms with Crippen molar-refractivity contribution < 1.29 is 4.98 Å². The summed E-state index contributed by atoms with van der Waals surface area (Å²) in [5, 5.41) is 9.39. The second-order valence-corrected chi connectivity index (χ2v) is 5.82. The molecule has 0 radical (unpaired) electrons. The average Bonchev–Trinajstić information content (AvgIpc) is 2.53. The molecule has 23 heavy (non-hydrogen) atoms. The molecule has 0 unspecified atom stereocenters. The third-order valence-corrected chi connectivity index (χ3v) is 4.17. The van der Waals surface area contributed by atoms with Crippen LogP contribution in [0.15, 0.2) is 40.4 Å². The zero-order valence-electron chi connectivity index (χ0n) is 12.3. The van der Waals surface area contributed by atoms with E-state index in [1.807, 2.05) is 25.1 Å². The second kappa shape index (κ2) is 6.06. The fraction of sp³-hybridized carbons (Fsp3) is 0.133. The number of rotatable bonds is 3. The van der Waals surface area contributed by atoms with Crippen LogP contribution in [0.4, 0.5) is 5.82 Å². The van der Waals surface area contributed by atoms with E-state index in [2.05, 4.69) is 15.0 Å². The van der Waals surface area contributed by atoms with Crippen LogP contribution in [0, 0.1) is 18.3 Å². The molecule has 8 heteroatoms. The minimum absolute atomic E-state index is 0.111. The first kappa shape index (κ1) is 15.0. The third-order valence-electron chi connectivity index (χ3n) is 3.25. The number of hydrogen-bond donors (Lipinski definition) is 1. The lowest BCUT2D eigenvalue weighted by Crippen LogP contribution is -2.17. The molecule has 0 fully saturated rings. The zero-order valence-corrected chi connectivity index (χ0v) is 13.1. The van der Waals surface area contributed by atoms with Crippen LogP contribution in [0.3, 0.4) is 0 Å². The van der Waals surface area contributed by atoms with Gasteiger partial charge in [-0.25, -0.2) is 9.97 Å². The number of fused-ring (bicyclic) bond motifs is 1. The highest BCUT2D eigenvalue weighted by molar-refractivity contribution is 7.98. The summed E-state index contributed by atoms with van der Waals surface area (Å²) in [6.45, 7) is 1.86. The summed E-state index contributed by atoms with van der Waals surface area (Å²) in [5.74, 6) is 0.644. The van der Waals surface area contributed by atoms with Crippen LogP contribution in [-0.4, -0.2) is 14.4 Å². The molecule has 3 heterocycles. The van der Waals surface area contributed by atoms with Crippen LogP contribution < -0.4 is 16.3 Å². The smallest absolute Gasteiger partial charge is 0.359 e. The van der Waals surface area contributed by atoms with Gasteiger partial charge in [0.25, 0.3) is 11.4 Å². The third kappa shape index (κ3) is 3.00. The molecule has 3 aromatic heterocycles. The normalized spacial score (nSPS) is 10.6. The summed E-state index contributed by atoms with van der Waals surface area (Å²) < 4.78 is 1.57. The van der Waals surface area contributed by atoms with Crippen LogP contribution in [0.5, 0.6) is 0 Å². The Morgan fingerprint density at radius 2 is 2.26 bits per heavy atom. The number of nitrogen functional groups attached to an aromatic ring is 1. The van der Waals surface area contributed by atoms with Crippen molar-refractivity contribution in [3.63, 3.8) is 0 Å². The van der Waals surface area contributed by atoms with Gasteiger partial charge in [-0.15, -0.1) is 0 Å². The maximum Gasteiger partial charge on any atom is 0.359 e. The highest BCUT2D eigenvalue weighted by Crippen LogP contribution is 2.17. The Hall–Kier alpha value is -2.92. The predicted octanol–water partition coefficient (Wildman–Crippen LogP) is 0.958. The highest BCUT2D eigenvalue weighted by Gasteiger charge is 2.13. The fourth-order valence-electron chi connectivity index (χ4n) is 2.15. The predicted molar refractivity (Wildman–Crippen MR) is 85.7 cm³/mol. The first-order chi connectivity index (χ1) is 11.1. The molecule has 0 saturated heterocycles. The molecule has 114 valence electrons. The summed E-state index contributed by atoms with van der Waals surface area (Å²) in [6.07, 6.45) is 1.51. The first-order valence-electron chi connectivity index (χ1n) is 6.78. The van der Waals surface area contributed by atoms with E-state index in [1.54, 1.807) is 10.5 Å². The van der Waals surface area contributed by atoms with E-state index in [0.29, 0.717) is 27.8 Å². The van der Waals surface area contributed by atoms with E-state index in [0.717, 1.165) is 5.69 Å². The number of aryl methyl sites for hydroxylation is 1. The van der Waals surface area contributed by atoms with Gasteiger partial charge in [0.05, 0.1) is 5.69 Å². The number of anilines is 1. The lowest BCUT2D eigenvalue weighted by Gasteiger charge is -2.05.